The zero-order valence-electron chi connectivity index (χ0n) is 16.2. The number of imide groups is 1. The summed E-state index contributed by atoms with van der Waals surface area (Å²) in [6, 6.07) is 16.6. The van der Waals surface area contributed by atoms with Gasteiger partial charge < -0.3 is 10.1 Å². The third kappa shape index (κ3) is 4.94. The summed E-state index contributed by atoms with van der Waals surface area (Å²) >= 11 is 21.8. The van der Waals surface area contributed by atoms with Gasteiger partial charge in [0.05, 0.1) is 15.2 Å². The molecule has 3 amide bonds. The summed E-state index contributed by atoms with van der Waals surface area (Å²) < 4.78 is 6.45. The summed E-state index contributed by atoms with van der Waals surface area (Å²) in [5, 5.41) is 4.00. The predicted molar refractivity (Wildman–Crippen MR) is 130 cm³/mol. The fourth-order valence-corrected chi connectivity index (χ4v) is 4.39. The minimum absolute atomic E-state index is 0.118. The number of amides is 3. The van der Waals surface area contributed by atoms with Crippen molar-refractivity contribution in [3.8, 4) is 5.75 Å². The normalized spacial score (nSPS) is 14.8. The monoisotopic (exact) mass is 550 g/mol. The first kappa shape index (κ1) is 22.7. The fourth-order valence-electron chi connectivity index (χ4n) is 3.09. The number of halogens is 4. The summed E-state index contributed by atoms with van der Waals surface area (Å²) in [4.78, 5) is 26.2. The number of urea groups is 1. The lowest BCUT2D eigenvalue weighted by Crippen LogP contribution is -2.30. The van der Waals surface area contributed by atoms with Gasteiger partial charge in [-0.2, -0.15) is 0 Å². The third-order valence-corrected chi connectivity index (χ3v) is 5.93. The molecule has 162 valence electrons. The smallest absolute Gasteiger partial charge is 0.333 e. The van der Waals surface area contributed by atoms with Crippen LogP contribution >= 0.6 is 50.7 Å². The van der Waals surface area contributed by atoms with Crippen LogP contribution in [0.5, 0.6) is 5.75 Å². The van der Waals surface area contributed by atoms with Crippen LogP contribution in [0.4, 0.5) is 10.5 Å². The van der Waals surface area contributed by atoms with Crippen LogP contribution in [-0.2, 0) is 11.4 Å². The Morgan fingerprint density at radius 3 is 2.41 bits per heavy atom. The predicted octanol–water partition coefficient (Wildman–Crippen LogP) is 7.09. The van der Waals surface area contributed by atoms with Crippen molar-refractivity contribution in [1.29, 1.82) is 0 Å². The van der Waals surface area contributed by atoms with Gasteiger partial charge in [0.15, 0.2) is 5.75 Å². The summed E-state index contributed by atoms with van der Waals surface area (Å²) in [6.45, 7) is 0.305. The summed E-state index contributed by atoms with van der Waals surface area (Å²) in [5.41, 5.74) is 2.04. The Bertz CT molecular complexity index is 1220. The van der Waals surface area contributed by atoms with Crippen LogP contribution in [0.15, 0.2) is 70.8 Å². The number of hydrogen-bond donors (Lipinski definition) is 1. The maximum atomic E-state index is 12.8. The maximum absolute atomic E-state index is 12.8. The van der Waals surface area contributed by atoms with Gasteiger partial charge in [-0.25, -0.2) is 9.69 Å². The second-order valence-electron chi connectivity index (χ2n) is 6.84. The molecule has 4 rings (SSSR count). The van der Waals surface area contributed by atoms with Crippen molar-refractivity contribution in [3.63, 3.8) is 0 Å². The third-order valence-electron chi connectivity index (χ3n) is 4.57. The van der Waals surface area contributed by atoms with Crippen molar-refractivity contribution < 1.29 is 14.3 Å². The Labute approximate surface area is 207 Å². The van der Waals surface area contributed by atoms with Gasteiger partial charge in [-0.15, -0.1) is 0 Å². The minimum Gasteiger partial charge on any atom is -0.486 e. The van der Waals surface area contributed by atoms with E-state index in [9.17, 15) is 9.59 Å². The molecule has 0 unspecified atom stereocenters. The van der Waals surface area contributed by atoms with Crippen LogP contribution < -0.4 is 15.0 Å². The SMILES string of the molecule is O=C1N/C(=C/c2cc(Cl)c(OCc3ccc(Cl)cc3)c(Br)c2)C(=O)N1c1cccc(Cl)c1. The highest BCUT2D eigenvalue weighted by molar-refractivity contribution is 9.10. The summed E-state index contributed by atoms with van der Waals surface area (Å²) in [6.07, 6.45) is 1.55. The molecule has 1 aliphatic rings. The molecule has 1 aliphatic heterocycles. The lowest BCUT2D eigenvalue weighted by molar-refractivity contribution is -0.113. The summed E-state index contributed by atoms with van der Waals surface area (Å²) in [5.74, 6) is -0.0290. The molecule has 1 saturated heterocycles. The Balaban J connectivity index is 1.54. The molecule has 5 nitrogen and oxygen atoms in total. The average Bonchev–Trinajstić information content (AvgIpc) is 3.01. The van der Waals surface area contributed by atoms with Crippen molar-refractivity contribution in [3.05, 3.63) is 97.0 Å². The van der Waals surface area contributed by atoms with E-state index in [1.54, 1.807) is 54.6 Å². The first-order valence-electron chi connectivity index (χ1n) is 9.31. The van der Waals surface area contributed by atoms with E-state index in [4.69, 9.17) is 39.5 Å². The molecule has 1 N–H and O–H groups in total. The zero-order valence-corrected chi connectivity index (χ0v) is 20.1. The van der Waals surface area contributed by atoms with Gasteiger partial charge in [0.2, 0.25) is 0 Å². The van der Waals surface area contributed by atoms with Gasteiger partial charge in [-0.3, -0.25) is 4.79 Å². The van der Waals surface area contributed by atoms with Crippen molar-refractivity contribution in [2.75, 3.05) is 4.90 Å². The van der Waals surface area contributed by atoms with Gasteiger partial charge in [-0.1, -0.05) is 53.0 Å². The molecule has 1 fully saturated rings. The number of nitrogens with zero attached hydrogens (tertiary/aromatic N) is 1. The fraction of sp³-hybridized carbons (Fsp3) is 0.0435. The zero-order chi connectivity index (χ0) is 22.8. The number of benzene rings is 3. The number of carbonyl (C=O) groups excluding carboxylic acids is 2. The van der Waals surface area contributed by atoms with E-state index in [-0.39, 0.29) is 5.70 Å². The van der Waals surface area contributed by atoms with E-state index >= 15 is 0 Å². The number of anilines is 1. The van der Waals surface area contributed by atoms with Crippen molar-refractivity contribution >= 4 is 74.4 Å². The first-order valence-corrected chi connectivity index (χ1v) is 11.2. The minimum atomic E-state index is -0.559. The molecule has 1 heterocycles. The summed E-state index contributed by atoms with van der Waals surface area (Å²) in [7, 11) is 0. The molecule has 0 bridgehead atoms. The molecule has 0 saturated carbocycles. The van der Waals surface area contributed by atoms with Gasteiger partial charge in [0.25, 0.3) is 5.91 Å². The largest absolute Gasteiger partial charge is 0.486 e. The van der Waals surface area contributed by atoms with E-state index < -0.39 is 11.9 Å². The highest BCUT2D eigenvalue weighted by Crippen LogP contribution is 2.36. The Hall–Kier alpha value is -2.51. The molecule has 0 spiro atoms. The molecule has 0 radical (unpaired) electrons. The van der Waals surface area contributed by atoms with Gasteiger partial charge in [-0.05, 0) is 75.6 Å². The first-order chi connectivity index (χ1) is 15.3. The van der Waals surface area contributed by atoms with Crippen LogP contribution in [0.25, 0.3) is 6.08 Å². The molecule has 3 aromatic rings. The van der Waals surface area contributed by atoms with E-state index in [1.165, 1.54) is 0 Å². The van der Waals surface area contributed by atoms with Crippen LogP contribution in [0, 0.1) is 0 Å². The molecular formula is C23H14BrCl3N2O3. The maximum Gasteiger partial charge on any atom is 0.333 e. The average molecular weight is 553 g/mol. The van der Waals surface area contributed by atoms with Crippen molar-refractivity contribution in [1.82, 2.24) is 5.32 Å². The van der Waals surface area contributed by atoms with E-state index in [0.717, 1.165) is 10.5 Å². The molecule has 0 atom stereocenters. The lowest BCUT2D eigenvalue weighted by Gasteiger charge is -2.12. The Morgan fingerprint density at radius 2 is 1.72 bits per heavy atom. The number of ether oxygens (including phenoxy) is 1. The van der Waals surface area contributed by atoms with E-state index in [2.05, 4.69) is 21.2 Å². The second kappa shape index (κ2) is 9.55. The van der Waals surface area contributed by atoms with Gasteiger partial charge in [0, 0.05) is 10.0 Å². The Kier molecular flexibility index (Phi) is 6.76. The van der Waals surface area contributed by atoms with Gasteiger partial charge in [0.1, 0.15) is 12.3 Å². The van der Waals surface area contributed by atoms with E-state index in [1.807, 2.05) is 12.1 Å². The standard InChI is InChI=1S/C23H14BrCl3N2O3/c24-18-8-14(9-19(27)21(18)32-12-13-4-6-15(25)7-5-13)10-20-22(30)29(23(31)28-20)17-3-1-2-16(26)11-17/h1-11H,12H2,(H,28,31)/b20-10+. The van der Waals surface area contributed by atoms with Crippen molar-refractivity contribution in [2.45, 2.75) is 6.61 Å². The molecular weight excluding hydrogens is 539 g/mol. The van der Waals surface area contributed by atoms with E-state index in [0.29, 0.717) is 43.1 Å². The highest BCUT2D eigenvalue weighted by Gasteiger charge is 2.35. The van der Waals surface area contributed by atoms with Crippen LogP contribution in [0.3, 0.4) is 0 Å². The van der Waals surface area contributed by atoms with Crippen LogP contribution in [-0.4, -0.2) is 11.9 Å². The van der Waals surface area contributed by atoms with Crippen LogP contribution in [0.2, 0.25) is 15.1 Å². The number of rotatable bonds is 5. The van der Waals surface area contributed by atoms with Crippen molar-refractivity contribution in [2.24, 2.45) is 0 Å². The van der Waals surface area contributed by atoms with Crippen LogP contribution in [0.1, 0.15) is 11.1 Å². The molecule has 32 heavy (non-hydrogen) atoms. The highest BCUT2D eigenvalue weighted by atomic mass is 79.9. The topological polar surface area (TPSA) is 58.6 Å². The second-order valence-corrected chi connectivity index (χ2v) is 8.97. The molecule has 0 aliphatic carbocycles. The quantitative estimate of drug-likeness (QED) is 0.272. The Morgan fingerprint density at radius 1 is 0.969 bits per heavy atom. The molecule has 0 aromatic heterocycles. The number of hydrogen-bond acceptors (Lipinski definition) is 3. The molecule has 9 heteroatoms. The number of carbonyl (C=O) groups is 2. The molecule has 3 aromatic carbocycles. The lowest BCUT2D eigenvalue weighted by atomic mass is 10.1. The number of nitrogens with one attached hydrogen (secondary N) is 1. The van der Waals surface area contributed by atoms with Gasteiger partial charge >= 0.3 is 6.03 Å².